The number of carboxylic acid groups (broad SMARTS) is 1. The van der Waals surface area contributed by atoms with Crippen LogP contribution in [0, 0.1) is 5.92 Å². The number of rotatable bonds is 10. The van der Waals surface area contributed by atoms with E-state index in [1.54, 1.807) is 0 Å². The third kappa shape index (κ3) is 4.67. The van der Waals surface area contributed by atoms with E-state index in [1.807, 2.05) is 4.68 Å². The van der Waals surface area contributed by atoms with Crippen molar-refractivity contribution in [2.45, 2.75) is 45.2 Å². The fourth-order valence-electron chi connectivity index (χ4n) is 2.53. The van der Waals surface area contributed by atoms with Gasteiger partial charge in [0.15, 0.2) is 6.04 Å². The maximum Gasteiger partial charge on any atom is 0.328 e. The predicted octanol–water partition coefficient (Wildman–Crippen LogP) is 1.80. The lowest BCUT2D eigenvalue weighted by Gasteiger charge is -2.15. The van der Waals surface area contributed by atoms with Crippen molar-refractivity contribution < 1.29 is 19.4 Å². The highest BCUT2D eigenvalue weighted by molar-refractivity contribution is 5.97. The van der Waals surface area contributed by atoms with Gasteiger partial charge in [0, 0.05) is 12.5 Å². The average Bonchev–Trinajstić information content (AvgIpc) is 3.26. The highest BCUT2D eigenvalue weighted by Gasteiger charge is 2.33. The second-order valence-electron chi connectivity index (χ2n) is 6.48. The second kappa shape index (κ2) is 8.10. The molecule has 1 aromatic heterocycles. The number of hydrogen-bond donors (Lipinski definition) is 2. The molecule has 0 saturated heterocycles. The van der Waals surface area contributed by atoms with Crippen LogP contribution in [-0.2, 0) is 16.1 Å². The third-order valence-electron chi connectivity index (χ3n) is 3.75. The monoisotopic (exact) mass is 335 g/mol. The van der Waals surface area contributed by atoms with E-state index < -0.39 is 17.9 Å². The number of carbonyl (C=O) groups excluding carboxylic acids is 1. The quantitative estimate of drug-likeness (QED) is 0.502. The van der Waals surface area contributed by atoms with E-state index in [4.69, 9.17) is 4.74 Å². The Bertz CT molecular complexity index is 605. The van der Waals surface area contributed by atoms with Crippen LogP contribution in [0.4, 0.5) is 0 Å². The Balaban J connectivity index is 2.11. The summed E-state index contributed by atoms with van der Waals surface area (Å²) in [6.07, 6.45) is 5.14. The van der Waals surface area contributed by atoms with Crippen molar-refractivity contribution in [2.75, 3.05) is 13.2 Å². The van der Waals surface area contributed by atoms with Gasteiger partial charge in [0.05, 0.1) is 30.7 Å². The smallest absolute Gasteiger partial charge is 0.328 e. The number of aliphatic carboxylic acids is 1. The lowest BCUT2D eigenvalue weighted by atomic mass is 10.1. The summed E-state index contributed by atoms with van der Waals surface area (Å²) in [7, 11) is 0. The van der Waals surface area contributed by atoms with Gasteiger partial charge in [-0.15, -0.1) is 6.58 Å². The number of carboxylic acids is 1. The van der Waals surface area contributed by atoms with Crippen LogP contribution in [0.25, 0.3) is 0 Å². The summed E-state index contributed by atoms with van der Waals surface area (Å²) in [6.45, 7) is 8.56. The summed E-state index contributed by atoms with van der Waals surface area (Å²) < 4.78 is 7.03. The highest BCUT2D eigenvalue weighted by Crippen LogP contribution is 2.41. The normalized spacial score (nSPS) is 15.3. The molecule has 1 saturated carbocycles. The minimum atomic E-state index is -1.13. The zero-order chi connectivity index (χ0) is 17.7. The van der Waals surface area contributed by atoms with Crippen molar-refractivity contribution in [3.63, 3.8) is 0 Å². The molecule has 7 heteroatoms. The van der Waals surface area contributed by atoms with E-state index >= 15 is 0 Å². The van der Waals surface area contributed by atoms with Crippen molar-refractivity contribution in [3.8, 4) is 0 Å². The molecule has 1 amide bonds. The van der Waals surface area contributed by atoms with Crippen LogP contribution in [0.3, 0.4) is 0 Å². The van der Waals surface area contributed by atoms with Crippen LogP contribution < -0.4 is 5.32 Å². The van der Waals surface area contributed by atoms with E-state index in [1.165, 1.54) is 12.3 Å². The van der Waals surface area contributed by atoms with E-state index in [0.29, 0.717) is 17.4 Å². The van der Waals surface area contributed by atoms with Gasteiger partial charge < -0.3 is 15.2 Å². The summed E-state index contributed by atoms with van der Waals surface area (Å²) in [5.74, 6) is -0.791. The van der Waals surface area contributed by atoms with E-state index in [0.717, 1.165) is 25.1 Å². The van der Waals surface area contributed by atoms with Crippen LogP contribution in [-0.4, -0.2) is 46.0 Å². The fraction of sp³-hybridized carbons (Fsp3) is 0.588. The van der Waals surface area contributed by atoms with E-state index in [2.05, 4.69) is 30.8 Å². The Morgan fingerprint density at radius 3 is 2.79 bits per heavy atom. The van der Waals surface area contributed by atoms with Crippen LogP contribution in [0.1, 0.15) is 48.7 Å². The van der Waals surface area contributed by atoms with E-state index in [-0.39, 0.29) is 13.2 Å². The fourth-order valence-corrected chi connectivity index (χ4v) is 2.53. The largest absolute Gasteiger partial charge is 0.480 e. The van der Waals surface area contributed by atoms with Gasteiger partial charge in [0.25, 0.3) is 5.91 Å². The molecule has 0 spiro atoms. The zero-order valence-electron chi connectivity index (χ0n) is 14.2. The Morgan fingerprint density at radius 2 is 2.25 bits per heavy atom. The average molecular weight is 335 g/mol. The van der Waals surface area contributed by atoms with Crippen molar-refractivity contribution in [2.24, 2.45) is 5.92 Å². The zero-order valence-corrected chi connectivity index (χ0v) is 14.2. The molecule has 1 unspecified atom stereocenters. The summed E-state index contributed by atoms with van der Waals surface area (Å²) in [5, 5.41) is 16.1. The molecule has 132 valence electrons. The third-order valence-corrected chi connectivity index (χ3v) is 3.75. The van der Waals surface area contributed by atoms with Gasteiger partial charge in [-0.25, -0.2) is 4.79 Å². The number of amides is 1. The molecular weight excluding hydrogens is 310 g/mol. The molecule has 1 aliphatic rings. The summed E-state index contributed by atoms with van der Waals surface area (Å²) in [6, 6.07) is -1.10. The van der Waals surface area contributed by atoms with Crippen molar-refractivity contribution in [3.05, 3.63) is 30.1 Å². The molecular formula is C17H25N3O4. The van der Waals surface area contributed by atoms with E-state index in [9.17, 15) is 14.7 Å². The first kappa shape index (κ1) is 18.2. The summed E-state index contributed by atoms with van der Waals surface area (Å²) in [5.41, 5.74) is 1.38. The summed E-state index contributed by atoms with van der Waals surface area (Å²) in [4.78, 5) is 23.8. The number of nitrogens with one attached hydrogen (secondary N) is 1. The van der Waals surface area contributed by atoms with Crippen LogP contribution in [0.2, 0.25) is 0 Å². The standard InChI is InChI=1S/C17H25N3O4/c1-4-7-24-10-14(17(22)23)19-16(21)13-8-18-20(9-11(2)3)15(13)12-5-6-12/h4,8,11-12,14H,1,5-7,9-10H2,2-3H3,(H,19,21)(H,22,23). The Hall–Kier alpha value is -2.15. The first-order chi connectivity index (χ1) is 11.4. The molecule has 2 rings (SSSR count). The maximum absolute atomic E-state index is 12.5. The van der Waals surface area contributed by atoms with Gasteiger partial charge in [-0.3, -0.25) is 9.48 Å². The van der Waals surface area contributed by atoms with Crippen molar-refractivity contribution >= 4 is 11.9 Å². The predicted molar refractivity (Wildman–Crippen MR) is 88.9 cm³/mol. The molecule has 1 heterocycles. The Labute approximate surface area is 141 Å². The molecule has 0 radical (unpaired) electrons. The molecule has 0 aromatic carbocycles. The molecule has 0 aliphatic heterocycles. The first-order valence-electron chi connectivity index (χ1n) is 8.22. The van der Waals surface area contributed by atoms with Gasteiger partial charge in [0.1, 0.15) is 0 Å². The minimum absolute atomic E-state index is 0.105. The molecule has 1 aliphatic carbocycles. The van der Waals surface area contributed by atoms with Crippen LogP contribution in [0.5, 0.6) is 0 Å². The number of aromatic nitrogens is 2. The number of hydrogen-bond acceptors (Lipinski definition) is 4. The number of ether oxygens (including phenoxy) is 1. The van der Waals surface area contributed by atoms with Gasteiger partial charge in [-0.2, -0.15) is 5.10 Å². The molecule has 2 N–H and O–H groups in total. The van der Waals surface area contributed by atoms with Gasteiger partial charge >= 0.3 is 5.97 Å². The molecule has 0 bridgehead atoms. The maximum atomic E-state index is 12.5. The molecule has 1 atom stereocenters. The summed E-state index contributed by atoms with van der Waals surface area (Å²) >= 11 is 0. The van der Waals surface area contributed by atoms with Crippen molar-refractivity contribution in [1.29, 1.82) is 0 Å². The molecule has 24 heavy (non-hydrogen) atoms. The van der Waals surface area contributed by atoms with Crippen LogP contribution >= 0.6 is 0 Å². The molecule has 7 nitrogen and oxygen atoms in total. The van der Waals surface area contributed by atoms with Crippen LogP contribution in [0.15, 0.2) is 18.9 Å². The number of nitrogens with zero attached hydrogens (tertiary/aromatic N) is 2. The highest BCUT2D eigenvalue weighted by atomic mass is 16.5. The Kier molecular flexibility index (Phi) is 6.14. The lowest BCUT2D eigenvalue weighted by Crippen LogP contribution is -2.44. The second-order valence-corrected chi connectivity index (χ2v) is 6.48. The molecule has 1 fully saturated rings. The SMILES string of the molecule is C=CCOCC(NC(=O)c1cnn(CC(C)C)c1C1CC1)C(=O)O. The molecule has 1 aromatic rings. The Morgan fingerprint density at radius 1 is 1.54 bits per heavy atom. The van der Waals surface area contributed by atoms with Gasteiger partial charge in [-0.05, 0) is 18.8 Å². The van der Waals surface area contributed by atoms with Gasteiger partial charge in [-0.1, -0.05) is 19.9 Å². The number of carbonyl (C=O) groups is 2. The minimum Gasteiger partial charge on any atom is -0.480 e. The lowest BCUT2D eigenvalue weighted by molar-refractivity contribution is -0.140. The van der Waals surface area contributed by atoms with Crippen molar-refractivity contribution in [1.82, 2.24) is 15.1 Å². The first-order valence-corrected chi connectivity index (χ1v) is 8.22. The van der Waals surface area contributed by atoms with Gasteiger partial charge in [0.2, 0.25) is 0 Å². The topological polar surface area (TPSA) is 93.5 Å².